The van der Waals surface area contributed by atoms with Crippen LogP contribution in [-0.4, -0.2) is 0 Å². The van der Waals surface area contributed by atoms with Crippen molar-refractivity contribution in [2.45, 2.75) is 46.0 Å². The average molecular weight is 452 g/mol. The quantitative estimate of drug-likeness (QED) is 0.415. The van der Waals surface area contributed by atoms with Crippen LogP contribution in [0.4, 0.5) is 0 Å². The zero-order chi connectivity index (χ0) is 18.5. The maximum absolute atomic E-state index is 2.48. The third-order valence-electron chi connectivity index (χ3n) is 6.01. The molecule has 0 saturated carbocycles. The van der Waals surface area contributed by atoms with Crippen LogP contribution < -0.4 is 0 Å². The van der Waals surface area contributed by atoms with Gasteiger partial charge in [0.05, 0.1) is 0 Å². The minimum atomic E-state index is 0.0977. The van der Waals surface area contributed by atoms with Gasteiger partial charge in [0.1, 0.15) is 0 Å². The lowest BCUT2D eigenvalue weighted by Crippen LogP contribution is -2.17. The second-order valence-electron chi connectivity index (χ2n) is 8.06. The Hall–Kier alpha value is -1.61. The van der Waals surface area contributed by atoms with Crippen molar-refractivity contribution in [1.29, 1.82) is 0 Å². The first-order valence-electron chi connectivity index (χ1n) is 9.37. The highest BCUT2D eigenvalue weighted by molar-refractivity contribution is 14.1. The molecule has 0 aromatic heterocycles. The van der Waals surface area contributed by atoms with Gasteiger partial charge in [-0.05, 0) is 106 Å². The Morgan fingerprint density at radius 1 is 1.08 bits per heavy atom. The highest BCUT2D eigenvalue weighted by atomic mass is 127. The van der Waals surface area contributed by atoms with E-state index in [0.717, 1.165) is 12.8 Å². The van der Waals surface area contributed by atoms with E-state index in [2.05, 4.69) is 105 Å². The fourth-order valence-corrected chi connectivity index (χ4v) is 4.88. The summed E-state index contributed by atoms with van der Waals surface area (Å²) in [5.74, 6) is 0. The molecule has 0 unspecified atom stereocenters. The van der Waals surface area contributed by atoms with Gasteiger partial charge >= 0.3 is 0 Å². The second-order valence-corrected chi connectivity index (χ2v) is 9.31. The summed E-state index contributed by atoms with van der Waals surface area (Å²) in [7, 11) is 0. The van der Waals surface area contributed by atoms with Crippen molar-refractivity contribution in [3.8, 4) is 0 Å². The highest BCUT2D eigenvalue weighted by Gasteiger charge is 2.38. The first-order chi connectivity index (χ1) is 12.4. The summed E-state index contributed by atoms with van der Waals surface area (Å²) in [6.45, 7) is 9.21. The molecule has 4 rings (SSSR count). The number of halogens is 1. The van der Waals surface area contributed by atoms with Crippen molar-refractivity contribution in [3.63, 3.8) is 0 Å². The molecule has 0 N–H and O–H groups in total. The predicted molar refractivity (Wildman–Crippen MR) is 121 cm³/mol. The molecule has 2 aliphatic carbocycles. The summed E-state index contributed by atoms with van der Waals surface area (Å²) in [5.41, 5.74) is 11.7. The number of hydrogen-bond donors (Lipinski definition) is 0. The van der Waals surface area contributed by atoms with E-state index in [4.69, 9.17) is 0 Å². The van der Waals surface area contributed by atoms with Gasteiger partial charge < -0.3 is 0 Å². The molecule has 132 valence electrons. The topological polar surface area (TPSA) is 0 Å². The molecule has 0 aliphatic heterocycles. The van der Waals surface area contributed by atoms with Gasteiger partial charge in [0.15, 0.2) is 0 Å². The minimum Gasteiger partial charge on any atom is -0.0620 e. The van der Waals surface area contributed by atoms with Gasteiger partial charge in [0.2, 0.25) is 0 Å². The van der Waals surface area contributed by atoms with Gasteiger partial charge in [-0.25, -0.2) is 0 Å². The summed E-state index contributed by atoms with van der Waals surface area (Å²) < 4.78 is 1.33. The van der Waals surface area contributed by atoms with Crippen LogP contribution >= 0.6 is 22.6 Å². The Balaban J connectivity index is 1.76. The Kier molecular flexibility index (Phi) is 4.46. The fourth-order valence-electron chi connectivity index (χ4n) is 4.39. The number of fused-ring (bicyclic) bond motifs is 2. The van der Waals surface area contributed by atoms with Crippen LogP contribution in [0.2, 0.25) is 0 Å². The Morgan fingerprint density at radius 2 is 1.85 bits per heavy atom. The van der Waals surface area contributed by atoms with Gasteiger partial charge in [-0.3, -0.25) is 0 Å². The molecule has 1 heteroatoms. The number of benzene rings is 2. The summed E-state index contributed by atoms with van der Waals surface area (Å²) >= 11 is 2.43. The van der Waals surface area contributed by atoms with Crippen LogP contribution in [0.25, 0.3) is 11.6 Å². The third kappa shape index (κ3) is 2.90. The molecule has 0 radical (unpaired) electrons. The van der Waals surface area contributed by atoms with E-state index >= 15 is 0 Å². The van der Waals surface area contributed by atoms with E-state index in [0.29, 0.717) is 0 Å². The average Bonchev–Trinajstić information content (AvgIpc) is 2.84. The molecule has 0 amide bonds. The largest absolute Gasteiger partial charge is 0.0620 e. The van der Waals surface area contributed by atoms with E-state index in [1.807, 2.05) is 0 Å². The van der Waals surface area contributed by atoms with Gasteiger partial charge in [-0.15, -0.1) is 0 Å². The lowest BCUT2D eigenvalue weighted by Gasteiger charge is -2.26. The SMILES string of the molecule is C/C(=C\c1ccccc1C)C1=CC2=C(CC1)c1ccc(I)cc1C2(C)C. The van der Waals surface area contributed by atoms with Crippen molar-refractivity contribution in [2.24, 2.45) is 0 Å². The Morgan fingerprint density at radius 3 is 2.62 bits per heavy atom. The zero-order valence-electron chi connectivity index (χ0n) is 16.0. The molecule has 2 aromatic rings. The summed E-state index contributed by atoms with van der Waals surface area (Å²) in [4.78, 5) is 0. The molecule has 0 spiro atoms. The standard InChI is InChI=1S/C25H25I/c1-16-7-5-6-8-18(16)13-17(2)19-9-11-21-22-12-10-20(26)15-24(22)25(3,4)23(21)14-19/h5-8,10,12-15H,9,11H2,1-4H3/b17-13+. The lowest BCUT2D eigenvalue weighted by molar-refractivity contribution is 0.649. The normalized spacial score (nSPS) is 18.5. The van der Waals surface area contributed by atoms with Crippen molar-refractivity contribution < 1.29 is 0 Å². The monoisotopic (exact) mass is 452 g/mol. The summed E-state index contributed by atoms with van der Waals surface area (Å²) in [6, 6.07) is 15.6. The van der Waals surface area contributed by atoms with E-state index in [9.17, 15) is 0 Å². The van der Waals surface area contributed by atoms with E-state index in [-0.39, 0.29) is 5.41 Å². The van der Waals surface area contributed by atoms with Crippen LogP contribution in [0.3, 0.4) is 0 Å². The molecule has 2 aromatic carbocycles. The lowest BCUT2D eigenvalue weighted by atomic mass is 9.78. The highest BCUT2D eigenvalue weighted by Crippen LogP contribution is 2.51. The Bertz CT molecular complexity index is 983. The molecule has 0 fully saturated rings. The predicted octanol–water partition coefficient (Wildman–Crippen LogP) is 7.47. The van der Waals surface area contributed by atoms with E-state index in [1.165, 1.54) is 42.5 Å². The van der Waals surface area contributed by atoms with Crippen LogP contribution in [0.5, 0.6) is 0 Å². The number of rotatable bonds is 2. The number of aryl methyl sites for hydroxylation is 1. The maximum atomic E-state index is 2.48. The maximum Gasteiger partial charge on any atom is 0.0156 e. The molecule has 2 aliphatic rings. The molecule has 0 saturated heterocycles. The first-order valence-corrected chi connectivity index (χ1v) is 10.4. The number of hydrogen-bond acceptors (Lipinski definition) is 0. The van der Waals surface area contributed by atoms with Gasteiger partial charge in [0.25, 0.3) is 0 Å². The molecule has 0 nitrogen and oxygen atoms in total. The van der Waals surface area contributed by atoms with Crippen LogP contribution in [-0.2, 0) is 5.41 Å². The molecule has 26 heavy (non-hydrogen) atoms. The van der Waals surface area contributed by atoms with Crippen molar-refractivity contribution >= 4 is 34.2 Å². The third-order valence-corrected chi connectivity index (χ3v) is 6.68. The van der Waals surface area contributed by atoms with Crippen molar-refractivity contribution in [2.75, 3.05) is 0 Å². The molecule has 0 atom stereocenters. The van der Waals surface area contributed by atoms with Gasteiger partial charge in [-0.1, -0.05) is 56.3 Å². The van der Waals surface area contributed by atoms with Gasteiger partial charge in [0, 0.05) is 8.99 Å². The van der Waals surface area contributed by atoms with Crippen molar-refractivity contribution in [1.82, 2.24) is 0 Å². The smallest absolute Gasteiger partial charge is 0.0156 e. The zero-order valence-corrected chi connectivity index (χ0v) is 18.1. The molecule has 0 heterocycles. The minimum absolute atomic E-state index is 0.0977. The Labute approximate surface area is 170 Å². The first kappa shape index (κ1) is 17.8. The molecular formula is C25H25I. The van der Waals surface area contributed by atoms with Crippen LogP contribution in [0.15, 0.2) is 65.3 Å². The number of allylic oxidation sites excluding steroid dienone is 5. The van der Waals surface area contributed by atoms with Crippen molar-refractivity contribution in [3.05, 3.63) is 91.1 Å². The van der Waals surface area contributed by atoms with Crippen LogP contribution in [0.1, 0.15) is 55.9 Å². The van der Waals surface area contributed by atoms with E-state index in [1.54, 1.807) is 5.57 Å². The van der Waals surface area contributed by atoms with Crippen LogP contribution in [0, 0.1) is 10.5 Å². The molecule has 0 bridgehead atoms. The van der Waals surface area contributed by atoms with E-state index < -0.39 is 0 Å². The fraction of sp³-hybridized carbons (Fsp3) is 0.280. The van der Waals surface area contributed by atoms with Gasteiger partial charge in [-0.2, -0.15) is 0 Å². The summed E-state index contributed by atoms with van der Waals surface area (Å²) in [5, 5.41) is 0. The second kappa shape index (κ2) is 6.53. The summed E-state index contributed by atoms with van der Waals surface area (Å²) in [6.07, 6.45) is 7.12. The molecular weight excluding hydrogens is 427 g/mol.